The zero-order valence-electron chi connectivity index (χ0n) is 21.5. The Morgan fingerprint density at radius 3 is 1.76 bits per heavy atom. The Hall–Kier alpha value is -0.340. The first-order valence-corrected chi connectivity index (χ1v) is 14.2. The largest absolute Gasteiger partial charge is 0.756 e. The molecule has 0 bridgehead atoms. The van der Waals surface area contributed by atoms with Gasteiger partial charge >= 0.3 is 0 Å². The van der Waals surface area contributed by atoms with E-state index in [1.807, 2.05) is 21.1 Å². The van der Waals surface area contributed by atoms with Crippen molar-refractivity contribution in [2.75, 3.05) is 40.9 Å². The van der Waals surface area contributed by atoms with Gasteiger partial charge in [-0.3, -0.25) is 9.36 Å². The molecule has 0 aliphatic heterocycles. The summed E-state index contributed by atoms with van der Waals surface area (Å²) in [5.74, 6) is -0.499. The van der Waals surface area contributed by atoms with Gasteiger partial charge < -0.3 is 28.6 Å². The van der Waals surface area contributed by atoms with E-state index < -0.39 is 32.4 Å². The van der Waals surface area contributed by atoms with Crippen LogP contribution in [0.3, 0.4) is 0 Å². The second-order valence-electron chi connectivity index (χ2n) is 10.1. The third-order valence-corrected chi connectivity index (χ3v) is 6.60. The number of carbonyl (C=O) groups excluding carboxylic acids is 1. The molecule has 0 spiro atoms. The summed E-state index contributed by atoms with van der Waals surface area (Å²) in [5, 5.41) is 19.8. The molecule has 0 fully saturated rings. The fourth-order valence-corrected chi connectivity index (χ4v) is 4.12. The summed E-state index contributed by atoms with van der Waals surface area (Å²) in [4.78, 5) is 23.8. The number of carbonyl (C=O) groups is 1. The van der Waals surface area contributed by atoms with Crippen molar-refractivity contribution in [3.8, 4) is 0 Å². The lowest BCUT2D eigenvalue weighted by atomic mass is 10.0. The van der Waals surface area contributed by atoms with E-state index in [9.17, 15) is 24.5 Å². The number of hydrogen-bond acceptors (Lipinski definition) is 7. The Morgan fingerprint density at radius 1 is 0.848 bits per heavy atom. The maximum Gasteiger partial charge on any atom is 0.268 e. The van der Waals surface area contributed by atoms with Gasteiger partial charge in [-0.15, -0.1) is 0 Å². The number of phosphoric ester groups is 1. The van der Waals surface area contributed by atoms with Gasteiger partial charge in [-0.2, -0.15) is 0 Å². The van der Waals surface area contributed by atoms with Crippen molar-refractivity contribution in [3.05, 3.63) is 0 Å². The number of Topliss-reactive ketones (excluding diaryl/α,β-unsaturated/α-hetero) is 1. The van der Waals surface area contributed by atoms with Crippen LogP contribution < -0.4 is 4.89 Å². The quantitative estimate of drug-likeness (QED) is 0.125. The Kier molecular flexibility index (Phi) is 18.7. The van der Waals surface area contributed by atoms with Crippen LogP contribution in [-0.4, -0.2) is 73.6 Å². The predicted molar refractivity (Wildman–Crippen MR) is 130 cm³/mol. The normalized spacial score (nSPS) is 15.8. The molecule has 0 aromatic rings. The Balaban J connectivity index is 3.78. The number of quaternary nitrogens is 1. The molecule has 0 aliphatic carbocycles. The van der Waals surface area contributed by atoms with Crippen molar-refractivity contribution >= 4 is 13.6 Å². The number of aliphatic hydroxyl groups excluding tert-OH is 2. The molecule has 2 unspecified atom stereocenters. The lowest BCUT2D eigenvalue weighted by Crippen LogP contribution is -2.38. The molecule has 0 aromatic heterocycles. The highest BCUT2D eigenvalue weighted by Crippen LogP contribution is 2.38. The summed E-state index contributed by atoms with van der Waals surface area (Å²) in [5.41, 5.74) is 0. The zero-order valence-corrected chi connectivity index (χ0v) is 22.4. The van der Waals surface area contributed by atoms with Gasteiger partial charge in [0.15, 0.2) is 5.78 Å². The fraction of sp³-hybridized carbons (Fsp3) is 0.958. The first kappa shape index (κ1) is 32.7. The molecule has 0 amide bonds. The molecule has 0 aromatic carbocycles. The van der Waals surface area contributed by atoms with E-state index in [1.165, 1.54) is 57.8 Å². The second-order valence-corrected chi connectivity index (χ2v) is 11.5. The maximum atomic E-state index is 12.0. The number of rotatable bonds is 23. The molecule has 9 heteroatoms. The summed E-state index contributed by atoms with van der Waals surface area (Å²) in [6.45, 7) is 1.92. The van der Waals surface area contributed by atoms with E-state index in [2.05, 4.69) is 11.4 Å². The van der Waals surface area contributed by atoms with Crippen molar-refractivity contribution in [2.45, 2.75) is 109 Å². The van der Waals surface area contributed by atoms with Gasteiger partial charge in [0, 0.05) is 6.42 Å². The Morgan fingerprint density at radius 2 is 1.30 bits per heavy atom. The van der Waals surface area contributed by atoms with Crippen molar-refractivity contribution in [1.29, 1.82) is 0 Å². The molecular formula is C24H50NO7P. The molecule has 33 heavy (non-hydrogen) atoms. The standard InChI is InChI=1S/C24H50NO7P/c1-5-6-7-8-9-10-11-12-13-14-15-16-17-18-22(26)24(28)23(27)21-32-33(29,30)31-20-19-25(2,3)4/h23-24,27-28H,5-21H2,1-4H3/t23-,24?/m0/s1. The van der Waals surface area contributed by atoms with Gasteiger partial charge in [0.1, 0.15) is 25.4 Å². The summed E-state index contributed by atoms with van der Waals surface area (Å²) >= 11 is 0. The Labute approximate surface area is 201 Å². The predicted octanol–water partition coefficient (Wildman–Crippen LogP) is 3.97. The van der Waals surface area contributed by atoms with Crippen LogP contribution in [-0.2, 0) is 18.4 Å². The van der Waals surface area contributed by atoms with Gasteiger partial charge in [-0.25, -0.2) is 0 Å². The summed E-state index contributed by atoms with van der Waals surface area (Å²) in [6.07, 6.45) is 12.4. The number of unbranched alkanes of at least 4 members (excludes halogenated alkanes) is 12. The van der Waals surface area contributed by atoms with Gasteiger partial charge in [-0.05, 0) is 6.42 Å². The summed E-state index contributed by atoms with van der Waals surface area (Å²) in [7, 11) is 1.08. The molecule has 0 heterocycles. The minimum atomic E-state index is -4.60. The molecule has 0 saturated carbocycles. The van der Waals surface area contributed by atoms with E-state index >= 15 is 0 Å². The molecule has 0 aliphatic rings. The van der Waals surface area contributed by atoms with Crippen LogP contribution in [0.2, 0.25) is 0 Å². The fourth-order valence-electron chi connectivity index (χ4n) is 3.40. The van der Waals surface area contributed by atoms with E-state index in [0.29, 0.717) is 17.4 Å². The van der Waals surface area contributed by atoms with Gasteiger partial charge in [0.2, 0.25) is 0 Å². The van der Waals surface area contributed by atoms with Gasteiger partial charge in [0.05, 0.1) is 27.7 Å². The van der Waals surface area contributed by atoms with Crippen molar-refractivity contribution in [2.24, 2.45) is 0 Å². The monoisotopic (exact) mass is 495 g/mol. The molecule has 198 valence electrons. The molecule has 3 atom stereocenters. The number of likely N-dealkylation sites (N-methyl/N-ethyl adjacent to an activating group) is 1. The molecular weight excluding hydrogens is 445 g/mol. The average Bonchev–Trinajstić information content (AvgIpc) is 2.73. The summed E-state index contributed by atoms with van der Waals surface area (Å²) < 4.78 is 21.6. The highest BCUT2D eigenvalue weighted by atomic mass is 31.2. The van der Waals surface area contributed by atoms with Crippen molar-refractivity contribution in [1.82, 2.24) is 0 Å². The van der Waals surface area contributed by atoms with Gasteiger partial charge in [0.25, 0.3) is 7.82 Å². The molecule has 8 nitrogen and oxygen atoms in total. The average molecular weight is 496 g/mol. The topological polar surface area (TPSA) is 116 Å². The third kappa shape index (κ3) is 20.7. The number of ketones is 1. The minimum Gasteiger partial charge on any atom is -0.756 e. The number of phosphoric acid groups is 1. The number of hydrogen-bond donors (Lipinski definition) is 2. The van der Waals surface area contributed by atoms with Crippen LogP contribution in [0, 0.1) is 0 Å². The van der Waals surface area contributed by atoms with Crippen LogP contribution in [0.25, 0.3) is 0 Å². The molecule has 0 rings (SSSR count). The van der Waals surface area contributed by atoms with Gasteiger partial charge in [-0.1, -0.05) is 84.0 Å². The molecule has 2 N–H and O–H groups in total. The number of nitrogens with zero attached hydrogens (tertiary/aromatic N) is 1. The zero-order chi connectivity index (χ0) is 25.2. The minimum absolute atomic E-state index is 0.0547. The summed E-state index contributed by atoms with van der Waals surface area (Å²) in [6, 6.07) is 0. The van der Waals surface area contributed by atoms with E-state index in [4.69, 9.17) is 4.52 Å². The van der Waals surface area contributed by atoms with Crippen LogP contribution in [0.15, 0.2) is 0 Å². The van der Waals surface area contributed by atoms with Crippen LogP contribution in [0.1, 0.15) is 96.8 Å². The van der Waals surface area contributed by atoms with Crippen LogP contribution in [0.5, 0.6) is 0 Å². The second kappa shape index (κ2) is 18.9. The Bertz CT molecular complexity index is 539. The van der Waals surface area contributed by atoms with Crippen molar-refractivity contribution < 1.29 is 38.0 Å². The van der Waals surface area contributed by atoms with E-state index in [1.54, 1.807) is 0 Å². The van der Waals surface area contributed by atoms with E-state index in [0.717, 1.165) is 19.3 Å². The van der Waals surface area contributed by atoms with Crippen LogP contribution in [0.4, 0.5) is 0 Å². The highest BCUT2D eigenvalue weighted by Gasteiger charge is 2.25. The van der Waals surface area contributed by atoms with Crippen molar-refractivity contribution in [3.63, 3.8) is 0 Å². The highest BCUT2D eigenvalue weighted by molar-refractivity contribution is 7.45. The third-order valence-electron chi connectivity index (χ3n) is 5.64. The number of aliphatic hydroxyl groups is 2. The molecule has 0 saturated heterocycles. The lowest BCUT2D eigenvalue weighted by molar-refractivity contribution is -0.870. The van der Waals surface area contributed by atoms with Crippen LogP contribution >= 0.6 is 7.82 Å². The lowest BCUT2D eigenvalue weighted by Gasteiger charge is -2.28. The SMILES string of the molecule is CCCCCCCCCCCCCCCC(=O)C(O)[C@@H](O)COP(=O)([O-])OCC[N+](C)(C)C. The maximum absolute atomic E-state index is 12.0. The molecule has 0 radical (unpaired) electrons. The smallest absolute Gasteiger partial charge is 0.268 e. The first-order valence-electron chi connectivity index (χ1n) is 12.8. The van der Waals surface area contributed by atoms with E-state index in [-0.39, 0.29) is 13.0 Å². The first-order chi connectivity index (χ1) is 15.5.